The molecule has 0 radical (unpaired) electrons. The average molecular weight is 512 g/mol. The molecule has 0 fully saturated rings. The van der Waals surface area contributed by atoms with Crippen molar-refractivity contribution >= 4 is 46.3 Å². The summed E-state index contributed by atoms with van der Waals surface area (Å²) in [5, 5.41) is 13.0. The van der Waals surface area contributed by atoms with Crippen LogP contribution in [0.3, 0.4) is 0 Å². The number of thiol groups is 1. The van der Waals surface area contributed by atoms with Crippen LogP contribution in [0.5, 0.6) is 17.2 Å². The van der Waals surface area contributed by atoms with Crippen LogP contribution < -0.4 is 14.8 Å². The number of ether oxygens (including phenoxy) is 4. The third kappa shape index (κ3) is 6.20. The van der Waals surface area contributed by atoms with Crippen molar-refractivity contribution in [2.45, 2.75) is 19.4 Å². The number of rotatable bonds is 8. The van der Waals surface area contributed by atoms with E-state index in [0.717, 1.165) is 4.47 Å². The molecule has 2 aromatic rings. The Balaban J connectivity index is 1.73. The second-order valence-corrected chi connectivity index (χ2v) is 8.10. The van der Waals surface area contributed by atoms with Crippen molar-refractivity contribution in [1.29, 1.82) is 0 Å². The molecule has 0 bridgehead atoms. The maximum absolute atomic E-state index is 12.6. The van der Waals surface area contributed by atoms with Crippen molar-refractivity contribution in [2.75, 3.05) is 24.5 Å². The largest absolute Gasteiger partial charge is 0.508 e. The van der Waals surface area contributed by atoms with E-state index in [1.54, 1.807) is 30.3 Å². The molecule has 0 spiro atoms. The number of phenols is 1. The molecular weight excluding hydrogens is 490 g/mol. The fourth-order valence-electron chi connectivity index (χ4n) is 3.03. The van der Waals surface area contributed by atoms with Crippen molar-refractivity contribution in [3.63, 3.8) is 0 Å². The first-order valence-electron chi connectivity index (χ1n) is 9.49. The second kappa shape index (κ2) is 10.6. The highest BCUT2D eigenvalue weighted by Crippen LogP contribution is 2.37. The molecule has 3 rings (SSSR count). The molecule has 0 aliphatic carbocycles. The quantitative estimate of drug-likeness (QED) is 0.349. The molecule has 1 heterocycles. The lowest BCUT2D eigenvalue weighted by Crippen LogP contribution is -2.23. The Morgan fingerprint density at radius 3 is 2.77 bits per heavy atom. The van der Waals surface area contributed by atoms with Crippen LogP contribution in [0.25, 0.3) is 0 Å². The Hall–Kier alpha value is -2.59. The predicted octanol–water partition coefficient (Wildman–Crippen LogP) is 4.67. The first-order chi connectivity index (χ1) is 14.9. The summed E-state index contributed by atoms with van der Waals surface area (Å²) >= 11 is 7.24. The monoisotopic (exact) mass is 511 g/mol. The Labute approximate surface area is 193 Å². The maximum Gasteiger partial charge on any atom is 0.412 e. The zero-order valence-electron chi connectivity index (χ0n) is 16.7. The molecule has 0 unspecified atom stereocenters. The SMILES string of the molecule is C[C@H](CCOC(=O)CS)[C@@H](OC(=O)Nc1ccc2c(c1)OCO2)c1cc(Br)ccc1O. The molecule has 2 aromatic carbocycles. The van der Waals surface area contributed by atoms with Crippen molar-refractivity contribution in [3.05, 3.63) is 46.4 Å². The molecule has 166 valence electrons. The summed E-state index contributed by atoms with van der Waals surface area (Å²) in [6.45, 7) is 2.11. The molecule has 10 heteroatoms. The minimum absolute atomic E-state index is 0.0108. The van der Waals surface area contributed by atoms with Gasteiger partial charge in [-0.1, -0.05) is 22.9 Å². The summed E-state index contributed by atoms with van der Waals surface area (Å²) in [7, 11) is 0. The number of carbonyl (C=O) groups is 2. The van der Waals surface area contributed by atoms with Gasteiger partial charge in [-0.05, 0) is 36.8 Å². The molecule has 0 saturated carbocycles. The summed E-state index contributed by atoms with van der Waals surface area (Å²) in [6, 6.07) is 9.87. The van der Waals surface area contributed by atoms with E-state index in [-0.39, 0.29) is 30.8 Å². The van der Waals surface area contributed by atoms with E-state index in [4.69, 9.17) is 18.9 Å². The highest BCUT2D eigenvalue weighted by molar-refractivity contribution is 9.10. The van der Waals surface area contributed by atoms with Crippen molar-refractivity contribution in [1.82, 2.24) is 0 Å². The number of benzene rings is 2. The predicted molar refractivity (Wildman–Crippen MR) is 120 cm³/mol. The molecule has 0 saturated heterocycles. The maximum atomic E-state index is 12.6. The van der Waals surface area contributed by atoms with E-state index in [2.05, 4.69) is 33.9 Å². The molecule has 2 atom stereocenters. The Kier molecular flexibility index (Phi) is 7.91. The van der Waals surface area contributed by atoms with Gasteiger partial charge in [0.15, 0.2) is 11.5 Å². The number of fused-ring (bicyclic) bond motifs is 1. The fraction of sp³-hybridized carbons (Fsp3) is 0.333. The lowest BCUT2D eigenvalue weighted by Gasteiger charge is -2.25. The molecule has 8 nitrogen and oxygen atoms in total. The lowest BCUT2D eigenvalue weighted by atomic mass is 9.94. The number of halogens is 1. The molecule has 1 aliphatic rings. The van der Waals surface area contributed by atoms with E-state index >= 15 is 0 Å². The Morgan fingerprint density at radius 2 is 2.00 bits per heavy atom. The van der Waals surface area contributed by atoms with Gasteiger partial charge in [0, 0.05) is 27.7 Å². The van der Waals surface area contributed by atoms with E-state index in [9.17, 15) is 14.7 Å². The van der Waals surface area contributed by atoms with Gasteiger partial charge in [0.05, 0.1) is 12.4 Å². The smallest absolute Gasteiger partial charge is 0.412 e. The standard InChI is InChI=1S/C21H22BrNO7S/c1-12(6-7-27-19(25)10-31)20(15-8-13(22)2-4-16(15)24)30-21(26)23-14-3-5-17-18(9-14)29-11-28-17/h2-5,8-9,12,20,24,31H,6-7,10-11H2,1H3,(H,23,26)/t12-,20-/m1/s1. The highest BCUT2D eigenvalue weighted by atomic mass is 79.9. The van der Waals surface area contributed by atoms with Gasteiger partial charge < -0.3 is 24.1 Å². The molecule has 0 aromatic heterocycles. The van der Waals surface area contributed by atoms with Crippen LogP contribution >= 0.6 is 28.6 Å². The molecule has 1 aliphatic heterocycles. The number of nitrogens with one attached hydrogen (secondary N) is 1. The first-order valence-corrected chi connectivity index (χ1v) is 10.9. The van der Waals surface area contributed by atoms with Gasteiger partial charge in [0.2, 0.25) is 6.79 Å². The zero-order chi connectivity index (χ0) is 22.4. The number of carbonyl (C=O) groups excluding carboxylic acids is 2. The minimum Gasteiger partial charge on any atom is -0.508 e. The average Bonchev–Trinajstić information content (AvgIpc) is 3.21. The van der Waals surface area contributed by atoms with Crippen LogP contribution in [0.1, 0.15) is 25.0 Å². The van der Waals surface area contributed by atoms with Gasteiger partial charge in [0.1, 0.15) is 11.9 Å². The summed E-state index contributed by atoms with van der Waals surface area (Å²) in [6.07, 6.45) is -1.09. The summed E-state index contributed by atoms with van der Waals surface area (Å²) < 4.78 is 22.1. The van der Waals surface area contributed by atoms with Crippen LogP contribution in [-0.2, 0) is 14.3 Å². The van der Waals surface area contributed by atoms with Crippen molar-refractivity contribution in [3.8, 4) is 17.2 Å². The second-order valence-electron chi connectivity index (χ2n) is 6.87. The molecule has 31 heavy (non-hydrogen) atoms. The summed E-state index contributed by atoms with van der Waals surface area (Å²) in [5.41, 5.74) is 0.907. The number of esters is 1. The number of aromatic hydroxyl groups is 1. The van der Waals surface area contributed by atoms with Crippen LogP contribution in [-0.4, -0.2) is 36.3 Å². The molecule has 2 N–H and O–H groups in total. The number of hydrogen-bond acceptors (Lipinski definition) is 8. The van der Waals surface area contributed by atoms with E-state index in [1.807, 2.05) is 6.92 Å². The van der Waals surface area contributed by atoms with E-state index in [0.29, 0.717) is 29.2 Å². The van der Waals surface area contributed by atoms with Crippen LogP contribution in [0.15, 0.2) is 40.9 Å². The van der Waals surface area contributed by atoms with Gasteiger partial charge in [-0.25, -0.2) is 4.79 Å². The normalized spacial score (nSPS) is 13.9. The number of hydrogen-bond donors (Lipinski definition) is 3. The third-order valence-electron chi connectivity index (χ3n) is 4.63. The number of anilines is 1. The van der Waals surface area contributed by atoms with Crippen molar-refractivity contribution in [2.24, 2.45) is 5.92 Å². The van der Waals surface area contributed by atoms with Crippen LogP contribution in [0.2, 0.25) is 0 Å². The fourth-order valence-corrected chi connectivity index (χ4v) is 3.50. The Bertz CT molecular complexity index is 955. The van der Waals surface area contributed by atoms with Gasteiger partial charge in [-0.15, -0.1) is 0 Å². The zero-order valence-corrected chi connectivity index (χ0v) is 19.1. The highest BCUT2D eigenvalue weighted by Gasteiger charge is 2.27. The summed E-state index contributed by atoms with van der Waals surface area (Å²) in [5.74, 6) is 0.398. The first kappa shape index (κ1) is 23.1. The number of amides is 1. The molecular formula is C21H22BrNO7S. The number of phenolic OH excluding ortho intramolecular Hbond substituents is 1. The van der Waals surface area contributed by atoms with Crippen molar-refractivity contribution < 1.29 is 33.6 Å². The minimum atomic E-state index is -0.791. The van der Waals surface area contributed by atoms with Crippen LogP contribution in [0.4, 0.5) is 10.5 Å². The van der Waals surface area contributed by atoms with E-state index in [1.165, 1.54) is 6.07 Å². The van der Waals surface area contributed by atoms with Gasteiger partial charge in [-0.3, -0.25) is 10.1 Å². The Morgan fingerprint density at radius 1 is 1.23 bits per heavy atom. The lowest BCUT2D eigenvalue weighted by molar-refractivity contribution is -0.141. The topological polar surface area (TPSA) is 103 Å². The van der Waals surface area contributed by atoms with E-state index < -0.39 is 18.2 Å². The summed E-state index contributed by atoms with van der Waals surface area (Å²) in [4.78, 5) is 24.0. The van der Waals surface area contributed by atoms with Crippen LogP contribution in [0, 0.1) is 5.92 Å². The van der Waals surface area contributed by atoms with Gasteiger partial charge in [0.25, 0.3) is 0 Å². The van der Waals surface area contributed by atoms with Gasteiger partial charge >= 0.3 is 12.1 Å². The third-order valence-corrected chi connectivity index (χ3v) is 5.38. The van der Waals surface area contributed by atoms with Gasteiger partial charge in [-0.2, -0.15) is 12.6 Å². The molecule has 1 amide bonds.